The van der Waals surface area contributed by atoms with E-state index in [1.807, 2.05) is 23.6 Å². The number of para-hydroxylation sites is 1. The number of nitrogens with one attached hydrogen (secondary N) is 2. The second kappa shape index (κ2) is 7.05. The lowest BCUT2D eigenvalue weighted by atomic mass is 9.92. The predicted octanol–water partition coefficient (Wildman–Crippen LogP) is 1.74. The van der Waals surface area contributed by atoms with Crippen molar-refractivity contribution in [2.24, 2.45) is 0 Å². The lowest BCUT2D eigenvalue weighted by Crippen LogP contribution is -2.57. The number of thiazole rings is 1. The number of hydrogen-bond acceptors (Lipinski definition) is 6. The molecule has 2 amide bonds. The summed E-state index contributed by atoms with van der Waals surface area (Å²) < 4.78 is 6.31. The van der Waals surface area contributed by atoms with E-state index >= 15 is 0 Å². The van der Waals surface area contributed by atoms with Crippen LogP contribution in [-0.4, -0.2) is 53.5 Å². The van der Waals surface area contributed by atoms with Crippen molar-refractivity contribution < 1.29 is 14.3 Å². The molecule has 8 heteroatoms. The first-order chi connectivity index (χ1) is 12.6. The summed E-state index contributed by atoms with van der Waals surface area (Å²) in [5.41, 5.74) is 0.0464. The Morgan fingerprint density at radius 1 is 1.42 bits per heavy atom. The van der Waals surface area contributed by atoms with E-state index in [0.29, 0.717) is 29.5 Å². The Morgan fingerprint density at radius 3 is 3.15 bits per heavy atom. The Labute approximate surface area is 155 Å². The zero-order valence-corrected chi connectivity index (χ0v) is 15.1. The quantitative estimate of drug-likeness (QED) is 0.857. The Morgan fingerprint density at radius 2 is 2.31 bits per heavy atom. The summed E-state index contributed by atoms with van der Waals surface area (Å²) in [4.78, 5) is 30.7. The number of fused-ring (bicyclic) bond motifs is 1. The minimum atomic E-state index is -0.512. The van der Waals surface area contributed by atoms with Gasteiger partial charge in [0, 0.05) is 18.1 Å². The lowest BCUT2D eigenvalue weighted by Gasteiger charge is -2.41. The molecule has 1 unspecified atom stereocenters. The van der Waals surface area contributed by atoms with Crippen LogP contribution in [0.3, 0.4) is 0 Å². The van der Waals surface area contributed by atoms with Gasteiger partial charge in [-0.05, 0) is 31.5 Å². The SMILES string of the molecule is O=C(CN1CCCC2(CNC(=O)c3ccccc3O2)C1)Nc1nccs1. The fourth-order valence-corrected chi connectivity index (χ4v) is 4.09. The van der Waals surface area contributed by atoms with Crippen LogP contribution in [0.2, 0.25) is 0 Å². The zero-order valence-electron chi connectivity index (χ0n) is 14.2. The van der Waals surface area contributed by atoms with Gasteiger partial charge in [-0.1, -0.05) is 12.1 Å². The van der Waals surface area contributed by atoms with Gasteiger partial charge in [-0.3, -0.25) is 14.5 Å². The summed E-state index contributed by atoms with van der Waals surface area (Å²) in [7, 11) is 0. The van der Waals surface area contributed by atoms with Gasteiger partial charge in [0.05, 0.1) is 18.7 Å². The molecule has 2 aliphatic heterocycles. The van der Waals surface area contributed by atoms with Crippen LogP contribution in [0.15, 0.2) is 35.8 Å². The maximum absolute atomic E-state index is 12.3. The average Bonchev–Trinajstić information content (AvgIpc) is 3.09. The highest BCUT2D eigenvalue weighted by molar-refractivity contribution is 7.13. The maximum Gasteiger partial charge on any atom is 0.255 e. The third-order valence-electron chi connectivity index (χ3n) is 4.69. The van der Waals surface area contributed by atoms with Gasteiger partial charge < -0.3 is 15.4 Å². The van der Waals surface area contributed by atoms with Gasteiger partial charge in [-0.15, -0.1) is 11.3 Å². The summed E-state index contributed by atoms with van der Waals surface area (Å²) in [5.74, 6) is 0.405. The summed E-state index contributed by atoms with van der Waals surface area (Å²) in [6.07, 6.45) is 3.41. The number of carbonyl (C=O) groups excluding carboxylic acids is 2. The Kier molecular flexibility index (Phi) is 4.60. The molecular weight excluding hydrogens is 352 g/mol. The molecule has 2 aromatic rings. The predicted molar refractivity (Wildman–Crippen MR) is 98.6 cm³/mol. The number of rotatable bonds is 3. The van der Waals surface area contributed by atoms with E-state index in [0.717, 1.165) is 19.4 Å². The van der Waals surface area contributed by atoms with Crippen LogP contribution in [0.25, 0.3) is 0 Å². The molecule has 2 N–H and O–H groups in total. The molecular formula is C18H20N4O3S. The van der Waals surface area contributed by atoms with Gasteiger partial charge in [0.2, 0.25) is 5.91 Å². The number of aromatic nitrogens is 1. The standard InChI is InChI=1S/C18H20N4O3S/c23-15(21-17-19-7-9-26-17)10-22-8-3-6-18(12-22)11-20-16(24)13-4-1-2-5-14(13)25-18/h1-2,4-5,7,9H,3,6,8,10-12H2,(H,20,24)(H,19,21,23). The Hall–Kier alpha value is -2.45. The number of ether oxygens (including phenoxy) is 1. The minimum absolute atomic E-state index is 0.0879. The van der Waals surface area contributed by atoms with Crippen molar-refractivity contribution in [1.82, 2.24) is 15.2 Å². The number of nitrogens with zero attached hydrogens (tertiary/aromatic N) is 2. The number of benzene rings is 1. The molecule has 1 fully saturated rings. The third kappa shape index (κ3) is 3.56. The minimum Gasteiger partial charge on any atom is -0.483 e. The molecule has 0 saturated carbocycles. The fraction of sp³-hybridized carbons (Fsp3) is 0.389. The van der Waals surface area contributed by atoms with Crippen LogP contribution in [0.1, 0.15) is 23.2 Å². The van der Waals surface area contributed by atoms with Gasteiger partial charge in [0.25, 0.3) is 5.91 Å². The number of amides is 2. The van der Waals surface area contributed by atoms with Crippen molar-refractivity contribution in [2.45, 2.75) is 18.4 Å². The van der Waals surface area contributed by atoms with Crippen LogP contribution >= 0.6 is 11.3 Å². The summed E-state index contributed by atoms with van der Waals surface area (Å²) in [5, 5.41) is 8.21. The molecule has 7 nitrogen and oxygen atoms in total. The third-order valence-corrected chi connectivity index (χ3v) is 5.38. The molecule has 1 aromatic carbocycles. The molecule has 1 saturated heterocycles. The first-order valence-corrected chi connectivity index (χ1v) is 9.49. The van der Waals surface area contributed by atoms with Crippen LogP contribution in [0.4, 0.5) is 5.13 Å². The molecule has 0 aliphatic carbocycles. The van der Waals surface area contributed by atoms with Crippen LogP contribution in [-0.2, 0) is 4.79 Å². The average molecular weight is 372 g/mol. The van der Waals surface area contributed by atoms with Crippen LogP contribution in [0, 0.1) is 0 Å². The molecule has 136 valence electrons. The number of piperidine rings is 1. The van der Waals surface area contributed by atoms with E-state index in [1.54, 1.807) is 12.3 Å². The van der Waals surface area contributed by atoms with Crippen molar-refractivity contribution in [1.29, 1.82) is 0 Å². The van der Waals surface area contributed by atoms with Crippen molar-refractivity contribution in [2.75, 3.05) is 31.5 Å². The van der Waals surface area contributed by atoms with Crippen molar-refractivity contribution in [3.05, 3.63) is 41.4 Å². The van der Waals surface area contributed by atoms with E-state index in [-0.39, 0.29) is 18.4 Å². The molecule has 0 bridgehead atoms. The molecule has 4 rings (SSSR count). The normalized spacial score (nSPS) is 22.8. The first-order valence-electron chi connectivity index (χ1n) is 8.62. The van der Waals surface area contributed by atoms with Crippen LogP contribution < -0.4 is 15.4 Å². The molecule has 2 aliphatic rings. The van der Waals surface area contributed by atoms with Crippen molar-refractivity contribution in [3.8, 4) is 5.75 Å². The molecule has 1 aromatic heterocycles. The second-order valence-electron chi connectivity index (χ2n) is 6.66. The van der Waals surface area contributed by atoms with Gasteiger partial charge in [0.15, 0.2) is 5.13 Å². The second-order valence-corrected chi connectivity index (χ2v) is 7.56. The van der Waals surface area contributed by atoms with Gasteiger partial charge in [-0.2, -0.15) is 0 Å². The van der Waals surface area contributed by atoms with Gasteiger partial charge >= 0.3 is 0 Å². The molecule has 1 spiro atoms. The molecule has 3 heterocycles. The number of carbonyl (C=O) groups is 2. The van der Waals surface area contributed by atoms with E-state index < -0.39 is 5.60 Å². The highest BCUT2D eigenvalue weighted by Crippen LogP contribution is 2.31. The van der Waals surface area contributed by atoms with E-state index in [2.05, 4.69) is 20.5 Å². The van der Waals surface area contributed by atoms with Crippen molar-refractivity contribution in [3.63, 3.8) is 0 Å². The molecule has 0 radical (unpaired) electrons. The fourth-order valence-electron chi connectivity index (χ4n) is 3.55. The summed E-state index contributed by atoms with van der Waals surface area (Å²) >= 11 is 1.40. The molecule has 1 atom stereocenters. The summed E-state index contributed by atoms with van der Waals surface area (Å²) in [6, 6.07) is 7.30. The number of anilines is 1. The largest absolute Gasteiger partial charge is 0.483 e. The van der Waals surface area contributed by atoms with E-state index in [4.69, 9.17) is 4.74 Å². The maximum atomic E-state index is 12.3. The van der Waals surface area contributed by atoms with E-state index in [9.17, 15) is 9.59 Å². The monoisotopic (exact) mass is 372 g/mol. The van der Waals surface area contributed by atoms with Crippen molar-refractivity contribution >= 4 is 28.3 Å². The zero-order chi connectivity index (χ0) is 18.0. The lowest BCUT2D eigenvalue weighted by molar-refractivity contribution is -0.118. The highest BCUT2D eigenvalue weighted by Gasteiger charge is 2.41. The topological polar surface area (TPSA) is 83.6 Å². The van der Waals surface area contributed by atoms with Crippen LogP contribution in [0.5, 0.6) is 5.75 Å². The highest BCUT2D eigenvalue weighted by atomic mass is 32.1. The van der Waals surface area contributed by atoms with Gasteiger partial charge in [0.1, 0.15) is 11.4 Å². The smallest absolute Gasteiger partial charge is 0.255 e. The Bertz CT molecular complexity index is 811. The number of hydrogen-bond donors (Lipinski definition) is 2. The summed E-state index contributed by atoms with van der Waals surface area (Å²) in [6.45, 7) is 2.13. The van der Waals surface area contributed by atoms with E-state index in [1.165, 1.54) is 11.3 Å². The Balaban J connectivity index is 1.46. The first kappa shape index (κ1) is 17.0. The van der Waals surface area contributed by atoms with Gasteiger partial charge in [-0.25, -0.2) is 4.98 Å². The molecule has 26 heavy (non-hydrogen) atoms. The number of likely N-dealkylation sites (tertiary alicyclic amines) is 1.